The molecule has 2 aromatic carbocycles. The maximum Gasteiger partial charge on any atom is 0.318 e. The number of nitrogens with one attached hydrogen (secondary N) is 3. The number of carbonyl (C=O) groups excluding carboxylic acids is 2. The minimum atomic E-state index is -0.487. The van der Waals surface area contributed by atoms with Crippen molar-refractivity contribution in [1.82, 2.24) is 9.88 Å². The summed E-state index contributed by atoms with van der Waals surface area (Å²) in [5.74, 6) is -0.487. The van der Waals surface area contributed by atoms with E-state index in [2.05, 4.69) is 16.0 Å². The van der Waals surface area contributed by atoms with Crippen LogP contribution in [0, 0.1) is 0 Å². The second kappa shape index (κ2) is 8.68. The van der Waals surface area contributed by atoms with Crippen molar-refractivity contribution in [2.24, 2.45) is 0 Å². The number of pyridine rings is 1. The zero-order valence-electron chi connectivity index (χ0n) is 15.3. The Kier molecular flexibility index (Phi) is 5.86. The van der Waals surface area contributed by atoms with Crippen molar-refractivity contribution in [3.63, 3.8) is 0 Å². The molecule has 3 aromatic rings. The standard InChI is InChI=1S/C21H20N4O3/c1-22-21(28)24-17-11-9-16(10-12-17)23-19(26)18-8-5-13-25(20(18)27)14-15-6-3-2-4-7-15/h2-13H,14H2,1H3,(H,23,26)(H2,22,24,28). The van der Waals surface area contributed by atoms with Crippen LogP contribution in [0.1, 0.15) is 15.9 Å². The third-order valence-corrected chi connectivity index (χ3v) is 4.09. The smallest absolute Gasteiger partial charge is 0.318 e. The highest BCUT2D eigenvalue weighted by Gasteiger charge is 2.13. The van der Waals surface area contributed by atoms with Gasteiger partial charge in [-0.05, 0) is 42.0 Å². The summed E-state index contributed by atoms with van der Waals surface area (Å²) in [6.07, 6.45) is 1.66. The molecule has 0 aliphatic heterocycles. The highest BCUT2D eigenvalue weighted by Crippen LogP contribution is 2.14. The van der Waals surface area contributed by atoms with Gasteiger partial charge in [-0.2, -0.15) is 0 Å². The van der Waals surface area contributed by atoms with Gasteiger partial charge in [-0.3, -0.25) is 9.59 Å². The first-order valence-corrected chi connectivity index (χ1v) is 8.70. The van der Waals surface area contributed by atoms with Gasteiger partial charge in [-0.25, -0.2) is 4.79 Å². The molecule has 0 radical (unpaired) electrons. The Balaban J connectivity index is 1.73. The molecule has 0 unspecified atom stereocenters. The molecule has 0 aliphatic rings. The van der Waals surface area contributed by atoms with Gasteiger partial charge in [0.05, 0.1) is 6.54 Å². The van der Waals surface area contributed by atoms with Crippen LogP contribution in [0.25, 0.3) is 0 Å². The fourth-order valence-corrected chi connectivity index (χ4v) is 2.64. The number of aromatic nitrogens is 1. The van der Waals surface area contributed by atoms with Crippen LogP contribution >= 0.6 is 0 Å². The van der Waals surface area contributed by atoms with Gasteiger partial charge in [0, 0.05) is 24.6 Å². The SMILES string of the molecule is CNC(=O)Nc1ccc(NC(=O)c2cccn(Cc3ccccc3)c2=O)cc1. The molecule has 3 amide bonds. The van der Waals surface area contributed by atoms with E-state index in [0.29, 0.717) is 17.9 Å². The van der Waals surface area contributed by atoms with Gasteiger partial charge in [-0.15, -0.1) is 0 Å². The topological polar surface area (TPSA) is 92.2 Å². The van der Waals surface area contributed by atoms with Crippen LogP contribution in [-0.4, -0.2) is 23.6 Å². The summed E-state index contributed by atoms with van der Waals surface area (Å²) >= 11 is 0. The molecule has 0 fully saturated rings. The lowest BCUT2D eigenvalue weighted by molar-refractivity contribution is 0.102. The van der Waals surface area contributed by atoms with E-state index in [1.807, 2.05) is 30.3 Å². The number of rotatable bonds is 5. The summed E-state index contributed by atoms with van der Waals surface area (Å²) in [5, 5.41) is 7.79. The van der Waals surface area contributed by atoms with E-state index < -0.39 is 5.91 Å². The van der Waals surface area contributed by atoms with Crippen LogP contribution < -0.4 is 21.5 Å². The van der Waals surface area contributed by atoms with E-state index in [9.17, 15) is 14.4 Å². The van der Waals surface area contributed by atoms with Gasteiger partial charge < -0.3 is 20.5 Å². The van der Waals surface area contributed by atoms with Crippen molar-refractivity contribution in [2.75, 3.05) is 17.7 Å². The van der Waals surface area contributed by atoms with Gasteiger partial charge in [0.15, 0.2) is 0 Å². The van der Waals surface area contributed by atoms with Crippen molar-refractivity contribution in [1.29, 1.82) is 0 Å². The molecule has 0 atom stereocenters. The van der Waals surface area contributed by atoms with Gasteiger partial charge in [-0.1, -0.05) is 30.3 Å². The third kappa shape index (κ3) is 4.64. The Morgan fingerprint density at radius 3 is 2.14 bits per heavy atom. The molecular weight excluding hydrogens is 356 g/mol. The molecular formula is C21H20N4O3. The fraction of sp³-hybridized carbons (Fsp3) is 0.0952. The van der Waals surface area contributed by atoms with Crippen LogP contribution in [-0.2, 0) is 6.54 Å². The zero-order chi connectivity index (χ0) is 19.9. The van der Waals surface area contributed by atoms with Crippen molar-refractivity contribution in [3.05, 3.63) is 94.4 Å². The van der Waals surface area contributed by atoms with Crippen LogP contribution in [0.4, 0.5) is 16.2 Å². The first kappa shape index (κ1) is 18.9. The number of amides is 3. The van der Waals surface area contributed by atoms with E-state index in [1.165, 1.54) is 17.7 Å². The predicted molar refractivity (Wildman–Crippen MR) is 109 cm³/mol. The molecule has 28 heavy (non-hydrogen) atoms. The summed E-state index contributed by atoms with van der Waals surface area (Å²) in [6, 6.07) is 19.0. The number of nitrogens with zero attached hydrogens (tertiary/aromatic N) is 1. The lowest BCUT2D eigenvalue weighted by atomic mass is 10.2. The lowest BCUT2D eigenvalue weighted by Crippen LogP contribution is -2.29. The Morgan fingerprint density at radius 1 is 0.857 bits per heavy atom. The monoisotopic (exact) mass is 376 g/mol. The van der Waals surface area contributed by atoms with Gasteiger partial charge in [0.1, 0.15) is 5.56 Å². The highest BCUT2D eigenvalue weighted by molar-refractivity contribution is 6.04. The van der Waals surface area contributed by atoms with E-state index in [0.717, 1.165) is 5.56 Å². The highest BCUT2D eigenvalue weighted by atomic mass is 16.2. The number of benzene rings is 2. The molecule has 0 saturated heterocycles. The van der Waals surface area contributed by atoms with E-state index in [1.54, 1.807) is 36.5 Å². The van der Waals surface area contributed by atoms with E-state index in [4.69, 9.17) is 0 Å². The number of hydrogen-bond acceptors (Lipinski definition) is 3. The molecule has 0 spiro atoms. The number of urea groups is 1. The van der Waals surface area contributed by atoms with Crippen LogP contribution in [0.3, 0.4) is 0 Å². The van der Waals surface area contributed by atoms with Crippen LogP contribution in [0.15, 0.2) is 77.7 Å². The first-order valence-electron chi connectivity index (χ1n) is 8.70. The van der Waals surface area contributed by atoms with Crippen molar-refractivity contribution >= 4 is 23.3 Å². The second-order valence-corrected chi connectivity index (χ2v) is 6.08. The molecule has 0 saturated carbocycles. The van der Waals surface area contributed by atoms with Gasteiger partial charge in [0.25, 0.3) is 11.5 Å². The number of anilines is 2. The number of carbonyl (C=O) groups is 2. The summed E-state index contributed by atoms with van der Waals surface area (Å²) < 4.78 is 1.50. The van der Waals surface area contributed by atoms with E-state index >= 15 is 0 Å². The molecule has 0 aliphatic carbocycles. The summed E-state index contributed by atoms with van der Waals surface area (Å²) in [4.78, 5) is 36.5. The zero-order valence-corrected chi connectivity index (χ0v) is 15.3. The molecule has 1 aromatic heterocycles. The Morgan fingerprint density at radius 2 is 1.50 bits per heavy atom. The first-order chi connectivity index (χ1) is 13.6. The van der Waals surface area contributed by atoms with Gasteiger partial charge >= 0.3 is 6.03 Å². The Labute approximate surface area is 162 Å². The van der Waals surface area contributed by atoms with Crippen molar-refractivity contribution in [2.45, 2.75) is 6.54 Å². The fourth-order valence-electron chi connectivity index (χ4n) is 2.64. The Bertz CT molecular complexity index is 1030. The maximum atomic E-state index is 12.7. The Hall–Kier alpha value is -3.87. The molecule has 3 rings (SSSR count). The minimum absolute atomic E-state index is 0.0611. The summed E-state index contributed by atoms with van der Waals surface area (Å²) in [7, 11) is 1.52. The lowest BCUT2D eigenvalue weighted by Gasteiger charge is -2.10. The molecule has 7 heteroatoms. The average Bonchev–Trinajstić information content (AvgIpc) is 2.71. The molecule has 0 bridgehead atoms. The third-order valence-electron chi connectivity index (χ3n) is 4.09. The summed E-state index contributed by atoms with van der Waals surface area (Å²) in [5.41, 5.74) is 1.78. The quantitative estimate of drug-likeness (QED) is 0.639. The van der Waals surface area contributed by atoms with Gasteiger partial charge in [0.2, 0.25) is 0 Å². The maximum absolute atomic E-state index is 12.7. The second-order valence-electron chi connectivity index (χ2n) is 6.08. The van der Waals surface area contributed by atoms with Crippen LogP contribution in [0.2, 0.25) is 0 Å². The minimum Gasteiger partial charge on any atom is -0.341 e. The van der Waals surface area contributed by atoms with Crippen molar-refractivity contribution < 1.29 is 9.59 Å². The molecule has 142 valence electrons. The molecule has 3 N–H and O–H groups in total. The summed E-state index contributed by atoms with van der Waals surface area (Å²) in [6.45, 7) is 0.390. The van der Waals surface area contributed by atoms with Crippen LogP contribution in [0.5, 0.6) is 0 Å². The number of hydrogen-bond donors (Lipinski definition) is 3. The molecule has 7 nitrogen and oxygen atoms in total. The predicted octanol–water partition coefficient (Wildman–Crippen LogP) is 2.90. The molecule has 1 heterocycles. The average molecular weight is 376 g/mol. The van der Waals surface area contributed by atoms with Crippen molar-refractivity contribution in [3.8, 4) is 0 Å². The van der Waals surface area contributed by atoms with E-state index in [-0.39, 0.29) is 17.2 Å². The largest absolute Gasteiger partial charge is 0.341 e. The normalized spacial score (nSPS) is 10.2.